The highest BCUT2D eigenvalue weighted by Gasteiger charge is 2.10. The summed E-state index contributed by atoms with van der Waals surface area (Å²) >= 11 is 2.28. The minimum absolute atomic E-state index is 0.527. The van der Waals surface area contributed by atoms with E-state index in [0.717, 1.165) is 14.8 Å². The molecular weight excluding hydrogens is 317 g/mol. The van der Waals surface area contributed by atoms with Gasteiger partial charge >= 0.3 is 0 Å². The highest BCUT2D eigenvalue weighted by molar-refractivity contribution is 14.1. The Morgan fingerprint density at radius 1 is 1.50 bits per heavy atom. The van der Waals surface area contributed by atoms with Gasteiger partial charge in [0.15, 0.2) is 0 Å². The molecule has 0 aliphatic heterocycles. The third-order valence-electron chi connectivity index (χ3n) is 2.05. The van der Waals surface area contributed by atoms with Gasteiger partial charge in [-0.2, -0.15) is 0 Å². The molecule has 1 rings (SSSR count). The summed E-state index contributed by atoms with van der Waals surface area (Å²) in [5.74, 6) is 0.657. The van der Waals surface area contributed by atoms with E-state index in [1.165, 1.54) is 0 Å². The average molecular weight is 333 g/mol. The molecule has 0 aliphatic rings. The number of aromatic nitrogens is 1. The van der Waals surface area contributed by atoms with Gasteiger partial charge in [0.25, 0.3) is 0 Å². The fourth-order valence-electron chi connectivity index (χ4n) is 1.26. The van der Waals surface area contributed by atoms with Crippen LogP contribution in [0.15, 0.2) is 18.2 Å². The normalized spacial score (nSPS) is 11.0. The van der Waals surface area contributed by atoms with E-state index in [1.54, 1.807) is 7.11 Å². The first-order chi connectivity index (χ1) is 7.69. The molecule has 0 unspecified atom stereocenters. The maximum absolute atomic E-state index is 5.51. The minimum atomic E-state index is 0.527. The molecule has 0 bridgehead atoms. The number of hydrogen-bond acceptors (Lipinski definition) is 3. The summed E-state index contributed by atoms with van der Waals surface area (Å²) < 4.78 is 11.9. The molecular formula is C12H16INO2. The molecule has 0 fully saturated rings. The Kier molecular flexibility index (Phi) is 5.76. The Morgan fingerprint density at radius 3 is 2.88 bits per heavy atom. The van der Waals surface area contributed by atoms with Crippen molar-refractivity contribution in [1.29, 1.82) is 0 Å². The molecule has 1 aromatic heterocycles. The van der Waals surface area contributed by atoms with E-state index in [0.29, 0.717) is 19.1 Å². The number of allylic oxidation sites excluding steroid dienone is 1. The summed E-state index contributed by atoms with van der Waals surface area (Å²) in [7, 11) is 1.63. The van der Waals surface area contributed by atoms with Crippen LogP contribution in [0.4, 0.5) is 0 Å². The molecule has 0 saturated carbocycles. The molecule has 0 amide bonds. The Hall–Kier alpha value is -0.620. The first kappa shape index (κ1) is 13.4. The molecule has 0 spiro atoms. The zero-order valence-electron chi connectivity index (χ0n) is 9.79. The zero-order chi connectivity index (χ0) is 12.0. The fourth-order valence-corrected chi connectivity index (χ4v) is 2.09. The third kappa shape index (κ3) is 3.75. The Labute approximate surface area is 110 Å². The number of methoxy groups -OCH3 is 1. The molecule has 1 heterocycles. The minimum Gasteiger partial charge on any atom is -0.481 e. The van der Waals surface area contributed by atoms with E-state index >= 15 is 0 Å². The quantitative estimate of drug-likeness (QED) is 0.471. The van der Waals surface area contributed by atoms with Crippen LogP contribution in [-0.2, 0) is 11.3 Å². The Balaban J connectivity index is 2.77. The van der Waals surface area contributed by atoms with Gasteiger partial charge < -0.3 is 9.47 Å². The van der Waals surface area contributed by atoms with Gasteiger partial charge in [-0.3, -0.25) is 0 Å². The lowest BCUT2D eigenvalue weighted by Crippen LogP contribution is -2.02. The molecule has 0 radical (unpaired) electrons. The fraction of sp³-hybridized carbons (Fsp3) is 0.417. The van der Waals surface area contributed by atoms with Crippen molar-refractivity contribution < 1.29 is 9.47 Å². The van der Waals surface area contributed by atoms with Gasteiger partial charge in [0.1, 0.15) is 0 Å². The third-order valence-corrected chi connectivity index (χ3v) is 3.01. The lowest BCUT2D eigenvalue weighted by Gasteiger charge is -2.10. The number of halogens is 1. The maximum Gasteiger partial charge on any atom is 0.219 e. The molecule has 0 aliphatic carbocycles. The van der Waals surface area contributed by atoms with Crippen molar-refractivity contribution in [3.8, 4) is 5.88 Å². The van der Waals surface area contributed by atoms with Crippen LogP contribution >= 0.6 is 22.6 Å². The largest absolute Gasteiger partial charge is 0.481 e. The van der Waals surface area contributed by atoms with E-state index in [-0.39, 0.29) is 0 Å². The van der Waals surface area contributed by atoms with Crippen molar-refractivity contribution >= 4 is 22.6 Å². The Bertz CT molecular complexity index is 378. The molecule has 0 saturated heterocycles. The summed E-state index contributed by atoms with van der Waals surface area (Å²) in [4.78, 5) is 4.33. The second kappa shape index (κ2) is 6.85. The predicted molar refractivity (Wildman–Crippen MR) is 72.7 cm³/mol. The molecule has 16 heavy (non-hydrogen) atoms. The molecule has 1 aromatic rings. The molecule has 88 valence electrons. The van der Waals surface area contributed by atoms with Crippen molar-refractivity contribution in [1.82, 2.24) is 4.98 Å². The Morgan fingerprint density at radius 2 is 2.25 bits per heavy atom. The van der Waals surface area contributed by atoms with Crippen molar-refractivity contribution in [3.05, 3.63) is 33.0 Å². The van der Waals surface area contributed by atoms with Crippen LogP contribution in [0.5, 0.6) is 5.88 Å². The van der Waals surface area contributed by atoms with E-state index in [4.69, 9.17) is 9.47 Å². The second-order valence-corrected chi connectivity index (χ2v) is 4.48. The number of ether oxygens (including phenoxy) is 2. The first-order valence-corrected chi connectivity index (χ1v) is 6.15. The van der Waals surface area contributed by atoms with Crippen molar-refractivity contribution in [2.24, 2.45) is 0 Å². The summed E-state index contributed by atoms with van der Waals surface area (Å²) in [6.45, 7) is 5.07. The van der Waals surface area contributed by atoms with Crippen molar-refractivity contribution in [3.63, 3.8) is 0 Å². The summed E-state index contributed by atoms with van der Waals surface area (Å²) in [6.07, 6.45) is 3.94. The summed E-state index contributed by atoms with van der Waals surface area (Å²) in [5, 5.41) is 0. The number of nitrogens with zero attached hydrogens (tertiary/aromatic N) is 1. The monoisotopic (exact) mass is 333 g/mol. The van der Waals surface area contributed by atoms with Crippen molar-refractivity contribution in [2.75, 3.05) is 13.7 Å². The topological polar surface area (TPSA) is 31.4 Å². The summed E-state index contributed by atoms with van der Waals surface area (Å²) in [5.41, 5.74) is 1.97. The lowest BCUT2D eigenvalue weighted by molar-refractivity contribution is 0.145. The van der Waals surface area contributed by atoms with Gasteiger partial charge in [0, 0.05) is 9.26 Å². The van der Waals surface area contributed by atoms with Crippen LogP contribution in [0.2, 0.25) is 0 Å². The number of hydrogen-bond donors (Lipinski definition) is 0. The van der Waals surface area contributed by atoms with Crippen LogP contribution in [0, 0.1) is 10.5 Å². The van der Waals surface area contributed by atoms with Crippen molar-refractivity contribution in [2.45, 2.75) is 20.5 Å². The van der Waals surface area contributed by atoms with E-state index in [1.807, 2.05) is 32.1 Å². The molecule has 3 nitrogen and oxygen atoms in total. The molecule has 0 N–H and O–H groups in total. The maximum atomic E-state index is 5.51. The van der Waals surface area contributed by atoms with Gasteiger partial charge in [-0.1, -0.05) is 12.2 Å². The lowest BCUT2D eigenvalue weighted by atomic mass is 10.2. The van der Waals surface area contributed by atoms with E-state index < -0.39 is 0 Å². The standard InChI is InChI=1S/C12H16INO2/c1-4-5-6-16-8-10-11(13)7-9(2)14-12(10)15-3/h4-5,7H,6,8H2,1-3H3. The molecule has 0 aromatic carbocycles. The van der Waals surface area contributed by atoms with Crippen LogP contribution < -0.4 is 4.74 Å². The van der Waals surface area contributed by atoms with E-state index in [9.17, 15) is 0 Å². The van der Waals surface area contributed by atoms with Gasteiger partial charge in [-0.25, -0.2) is 4.98 Å². The van der Waals surface area contributed by atoms with Crippen LogP contribution in [0.1, 0.15) is 18.2 Å². The number of pyridine rings is 1. The number of aryl methyl sites for hydroxylation is 1. The average Bonchev–Trinajstić information content (AvgIpc) is 2.26. The molecule has 0 atom stereocenters. The summed E-state index contributed by atoms with van der Waals surface area (Å²) in [6, 6.07) is 2.03. The van der Waals surface area contributed by atoms with Crippen LogP contribution in [0.25, 0.3) is 0 Å². The van der Waals surface area contributed by atoms with Crippen LogP contribution in [0.3, 0.4) is 0 Å². The smallest absolute Gasteiger partial charge is 0.219 e. The van der Waals surface area contributed by atoms with E-state index in [2.05, 4.69) is 27.6 Å². The second-order valence-electron chi connectivity index (χ2n) is 3.32. The van der Waals surface area contributed by atoms with Gasteiger partial charge in [0.05, 0.1) is 25.9 Å². The van der Waals surface area contributed by atoms with Gasteiger partial charge in [0.2, 0.25) is 5.88 Å². The van der Waals surface area contributed by atoms with Gasteiger partial charge in [-0.15, -0.1) is 0 Å². The zero-order valence-corrected chi connectivity index (χ0v) is 11.9. The molecule has 4 heteroatoms. The SMILES string of the molecule is CC=CCOCc1c(I)cc(C)nc1OC. The number of rotatable bonds is 5. The van der Waals surface area contributed by atoms with Gasteiger partial charge in [-0.05, 0) is 42.5 Å². The predicted octanol–water partition coefficient (Wildman–Crippen LogP) is 3.10. The van der Waals surface area contributed by atoms with Crippen LogP contribution in [-0.4, -0.2) is 18.7 Å². The first-order valence-electron chi connectivity index (χ1n) is 5.08. The highest BCUT2D eigenvalue weighted by Crippen LogP contribution is 2.23. The highest BCUT2D eigenvalue weighted by atomic mass is 127.